The van der Waals surface area contributed by atoms with E-state index in [0.29, 0.717) is 24.7 Å². The first-order chi connectivity index (χ1) is 13.7. The number of ether oxygens (including phenoxy) is 2. The number of likely N-dealkylation sites (tertiary alicyclic amines) is 1. The van der Waals surface area contributed by atoms with Crippen molar-refractivity contribution in [2.24, 2.45) is 5.92 Å². The summed E-state index contributed by atoms with van der Waals surface area (Å²) in [4.78, 5) is 20.0. The first kappa shape index (κ1) is 17.0. The van der Waals surface area contributed by atoms with E-state index >= 15 is 0 Å². The molecule has 1 unspecified atom stereocenters. The molecular weight excluding hydrogens is 352 g/mol. The Kier molecular flexibility index (Phi) is 4.15. The van der Waals surface area contributed by atoms with E-state index in [1.54, 1.807) is 0 Å². The largest absolute Gasteiger partial charge is 0.486 e. The van der Waals surface area contributed by atoms with Gasteiger partial charge in [-0.3, -0.25) is 4.79 Å². The van der Waals surface area contributed by atoms with Crippen molar-refractivity contribution in [2.75, 3.05) is 26.3 Å². The highest BCUT2D eigenvalue weighted by Crippen LogP contribution is 2.35. The van der Waals surface area contributed by atoms with Crippen LogP contribution in [0.3, 0.4) is 0 Å². The van der Waals surface area contributed by atoms with E-state index < -0.39 is 0 Å². The topological polar surface area (TPSA) is 51.7 Å². The molecule has 1 atom stereocenters. The molecule has 3 aromatic rings. The number of aromatic nitrogens is 1. The molecule has 3 heterocycles. The number of hydrogen-bond acceptors (Lipinski definition) is 4. The molecule has 1 fully saturated rings. The van der Waals surface area contributed by atoms with Gasteiger partial charge in [-0.25, -0.2) is 4.98 Å². The molecule has 5 nitrogen and oxygen atoms in total. The number of rotatable bonds is 2. The molecule has 1 saturated heterocycles. The van der Waals surface area contributed by atoms with Gasteiger partial charge in [-0.15, -0.1) is 0 Å². The summed E-state index contributed by atoms with van der Waals surface area (Å²) in [7, 11) is 0. The summed E-state index contributed by atoms with van der Waals surface area (Å²) < 4.78 is 11.3. The van der Waals surface area contributed by atoms with E-state index in [0.717, 1.165) is 53.2 Å². The zero-order valence-electron chi connectivity index (χ0n) is 15.9. The van der Waals surface area contributed by atoms with Crippen LogP contribution < -0.4 is 9.47 Å². The molecule has 2 aliphatic rings. The lowest BCUT2D eigenvalue weighted by atomic mass is 10.0. The summed E-state index contributed by atoms with van der Waals surface area (Å²) in [5.74, 6) is 2.11. The summed E-state index contributed by atoms with van der Waals surface area (Å²) in [5.41, 5.74) is 3.22. The van der Waals surface area contributed by atoms with Crippen LogP contribution in [0, 0.1) is 5.92 Å². The number of amides is 1. The first-order valence-electron chi connectivity index (χ1n) is 9.78. The second-order valence-electron chi connectivity index (χ2n) is 7.58. The van der Waals surface area contributed by atoms with Gasteiger partial charge in [0.1, 0.15) is 13.2 Å². The van der Waals surface area contributed by atoms with Crippen LogP contribution in [0.1, 0.15) is 23.7 Å². The van der Waals surface area contributed by atoms with Gasteiger partial charge in [0.2, 0.25) is 0 Å². The van der Waals surface area contributed by atoms with Crippen LogP contribution in [0.25, 0.3) is 22.2 Å². The average Bonchev–Trinajstić information content (AvgIpc) is 3.18. The minimum absolute atomic E-state index is 0.0849. The summed E-state index contributed by atoms with van der Waals surface area (Å²) in [5, 5.41) is 0.897. The monoisotopic (exact) mass is 374 g/mol. The Morgan fingerprint density at radius 3 is 2.71 bits per heavy atom. The standard InChI is InChI=1S/C23H22N2O3/c1-15-8-9-25(14-15)23(26)18-13-20(24-19-5-3-2-4-17(18)19)16-6-7-21-22(12-16)28-11-10-27-21/h2-7,12-13,15H,8-11,14H2,1H3. The fourth-order valence-corrected chi connectivity index (χ4v) is 3.99. The number of para-hydroxylation sites is 1. The van der Waals surface area contributed by atoms with Gasteiger partial charge in [-0.05, 0) is 42.7 Å². The van der Waals surface area contributed by atoms with E-state index in [2.05, 4.69) is 6.92 Å². The Morgan fingerprint density at radius 1 is 1.07 bits per heavy atom. The highest BCUT2D eigenvalue weighted by atomic mass is 16.6. The highest BCUT2D eigenvalue weighted by molar-refractivity contribution is 6.07. The van der Waals surface area contributed by atoms with Gasteiger partial charge in [-0.2, -0.15) is 0 Å². The summed E-state index contributed by atoms with van der Waals surface area (Å²) in [6.07, 6.45) is 1.06. The van der Waals surface area contributed by atoms with Crippen molar-refractivity contribution < 1.29 is 14.3 Å². The van der Waals surface area contributed by atoms with Crippen LogP contribution in [0.4, 0.5) is 0 Å². The van der Waals surface area contributed by atoms with E-state index in [4.69, 9.17) is 14.5 Å². The Morgan fingerprint density at radius 2 is 1.89 bits per heavy atom. The average molecular weight is 374 g/mol. The molecule has 0 radical (unpaired) electrons. The second kappa shape index (κ2) is 6.82. The maximum atomic E-state index is 13.3. The van der Waals surface area contributed by atoms with E-state index in [-0.39, 0.29) is 5.91 Å². The van der Waals surface area contributed by atoms with Gasteiger partial charge in [0.15, 0.2) is 11.5 Å². The number of carbonyl (C=O) groups is 1. The fourth-order valence-electron chi connectivity index (χ4n) is 3.99. The van der Waals surface area contributed by atoms with Crippen molar-refractivity contribution in [2.45, 2.75) is 13.3 Å². The molecule has 2 aromatic carbocycles. The van der Waals surface area contributed by atoms with Crippen molar-refractivity contribution in [1.82, 2.24) is 9.88 Å². The summed E-state index contributed by atoms with van der Waals surface area (Å²) in [6.45, 7) is 4.93. The zero-order valence-corrected chi connectivity index (χ0v) is 15.9. The molecule has 2 aliphatic heterocycles. The predicted molar refractivity (Wildman–Crippen MR) is 108 cm³/mol. The second-order valence-corrected chi connectivity index (χ2v) is 7.58. The Labute approximate surface area is 163 Å². The number of nitrogens with zero attached hydrogens (tertiary/aromatic N) is 2. The molecule has 5 rings (SSSR count). The number of fused-ring (bicyclic) bond motifs is 2. The van der Waals surface area contributed by atoms with E-state index in [9.17, 15) is 4.79 Å². The minimum atomic E-state index is 0.0849. The maximum absolute atomic E-state index is 13.3. The Balaban J connectivity index is 1.61. The molecular formula is C23H22N2O3. The lowest BCUT2D eigenvalue weighted by Crippen LogP contribution is -2.28. The van der Waals surface area contributed by atoms with Crippen molar-refractivity contribution in [3.63, 3.8) is 0 Å². The molecule has 0 spiro atoms. The molecule has 0 N–H and O–H groups in total. The molecule has 142 valence electrons. The summed E-state index contributed by atoms with van der Waals surface area (Å²) >= 11 is 0. The molecule has 1 aromatic heterocycles. The Hall–Kier alpha value is -3.08. The van der Waals surface area contributed by atoms with Crippen LogP contribution in [-0.4, -0.2) is 42.1 Å². The number of hydrogen-bond donors (Lipinski definition) is 0. The van der Waals surface area contributed by atoms with E-state index in [1.807, 2.05) is 53.4 Å². The molecule has 0 saturated carbocycles. The van der Waals surface area contributed by atoms with Gasteiger partial charge in [0, 0.05) is 24.0 Å². The lowest BCUT2D eigenvalue weighted by molar-refractivity contribution is 0.0790. The van der Waals surface area contributed by atoms with Gasteiger partial charge < -0.3 is 14.4 Å². The van der Waals surface area contributed by atoms with Gasteiger partial charge in [-0.1, -0.05) is 25.1 Å². The molecule has 0 aliphatic carbocycles. The lowest BCUT2D eigenvalue weighted by Gasteiger charge is -2.20. The van der Waals surface area contributed by atoms with Gasteiger partial charge >= 0.3 is 0 Å². The van der Waals surface area contributed by atoms with Crippen LogP contribution in [0.2, 0.25) is 0 Å². The van der Waals surface area contributed by atoms with Crippen LogP contribution in [0.15, 0.2) is 48.5 Å². The molecule has 0 bridgehead atoms. The Bertz CT molecular complexity index is 1060. The van der Waals surface area contributed by atoms with Crippen molar-refractivity contribution >= 4 is 16.8 Å². The highest BCUT2D eigenvalue weighted by Gasteiger charge is 2.26. The zero-order chi connectivity index (χ0) is 19.1. The fraction of sp³-hybridized carbons (Fsp3) is 0.304. The van der Waals surface area contributed by atoms with Crippen molar-refractivity contribution in [1.29, 1.82) is 0 Å². The number of carbonyl (C=O) groups excluding carboxylic acids is 1. The quantitative estimate of drug-likeness (QED) is 0.676. The van der Waals surface area contributed by atoms with Crippen LogP contribution in [0.5, 0.6) is 11.5 Å². The normalized spacial score (nSPS) is 18.5. The van der Waals surface area contributed by atoms with Gasteiger partial charge in [0.25, 0.3) is 5.91 Å². The smallest absolute Gasteiger partial charge is 0.254 e. The summed E-state index contributed by atoms with van der Waals surface area (Å²) in [6, 6.07) is 15.6. The third-order valence-electron chi connectivity index (χ3n) is 5.50. The number of benzene rings is 2. The molecule has 5 heteroatoms. The number of pyridine rings is 1. The van der Waals surface area contributed by atoms with E-state index in [1.165, 1.54) is 0 Å². The van der Waals surface area contributed by atoms with Crippen LogP contribution >= 0.6 is 0 Å². The molecule has 1 amide bonds. The van der Waals surface area contributed by atoms with Gasteiger partial charge in [0.05, 0.1) is 16.8 Å². The third-order valence-corrected chi connectivity index (χ3v) is 5.50. The first-order valence-corrected chi connectivity index (χ1v) is 9.78. The SMILES string of the molecule is CC1CCN(C(=O)c2cc(-c3ccc4c(c3)OCCO4)nc3ccccc23)C1. The van der Waals surface area contributed by atoms with Crippen molar-refractivity contribution in [3.05, 3.63) is 54.1 Å². The van der Waals surface area contributed by atoms with Crippen LogP contribution in [-0.2, 0) is 0 Å². The van der Waals surface area contributed by atoms with Crippen molar-refractivity contribution in [3.8, 4) is 22.8 Å². The third kappa shape index (κ3) is 2.97. The minimum Gasteiger partial charge on any atom is -0.486 e. The predicted octanol–water partition coefficient (Wildman–Crippen LogP) is 4.16. The molecule has 28 heavy (non-hydrogen) atoms. The maximum Gasteiger partial charge on any atom is 0.254 e.